The van der Waals surface area contributed by atoms with Gasteiger partial charge in [0.2, 0.25) is 0 Å². The average Bonchev–Trinajstić information content (AvgIpc) is 2.95. The third kappa shape index (κ3) is 3.34. The number of para-hydroxylation sites is 1. The minimum absolute atomic E-state index is 0.104. The molecule has 112 valence electrons. The number of hydrogen-bond donors (Lipinski definition) is 2. The Morgan fingerprint density at radius 2 is 2.09 bits per heavy atom. The van der Waals surface area contributed by atoms with Crippen LogP contribution >= 0.6 is 23.1 Å². The molecule has 2 aromatic carbocycles. The second-order valence-electron chi connectivity index (χ2n) is 4.55. The van der Waals surface area contributed by atoms with Gasteiger partial charge < -0.3 is 5.21 Å². The molecule has 0 aliphatic heterocycles. The van der Waals surface area contributed by atoms with E-state index in [1.54, 1.807) is 23.5 Å². The van der Waals surface area contributed by atoms with Crippen molar-refractivity contribution >= 4 is 44.8 Å². The van der Waals surface area contributed by atoms with Gasteiger partial charge >= 0.3 is 0 Å². The topological polar surface area (TPSA) is 77.7 Å². The molecule has 0 bridgehead atoms. The van der Waals surface area contributed by atoms with Crippen LogP contribution in [-0.4, -0.2) is 21.7 Å². The molecule has 5 nitrogen and oxygen atoms in total. The van der Waals surface area contributed by atoms with E-state index >= 15 is 0 Å². The van der Waals surface area contributed by atoms with E-state index in [4.69, 9.17) is 5.21 Å². The molecule has 1 aromatic heterocycles. The first kappa shape index (κ1) is 15.1. The molecule has 22 heavy (non-hydrogen) atoms. The lowest BCUT2D eigenvalue weighted by molar-refractivity contribution is -0.991. The Hall–Kier alpha value is -1.77. The van der Waals surface area contributed by atoms with E-state index in [1.807, 2.05) is 24.3 Å². The number of nitrogens with one attached hydrogen (secondary N) is 1. The average molecular weight is 332 g/mol. The summed E-state index contributed by atoms with van der Waals surface area (Å²) in [5, 5.41) is 18.9. The molecule has 7 heteroatoms. The van der Waals surface area contributed by atoms with Crippen LogP contribution in [-0.2, 0) is 0 Å². The number of fused-ring (bicyclic) bond motifs is 1. The molecule has 1 atom stereocenters. The molecule has 0 saturated heterocycles. The largest absolute Gasteiger partial charge is 0.595 e. The first-order valence-corrected chi connectivity index (χ1v) is 8.28. The molecule has 0 aliphatic rings. The number of ketones is 1. The van der Waals surface area contributed by atoms with Crippen LogP contribution in [0.1, 0.15) is 10.4 Å². The van der Waals surface area contributed by atoms with Gasteiger partial charge in [0.25, 0.3) is 0 Å². The van der Waals surface area contributed by atoms with Gasteiger partial charge in [-0.15, -0.1) is 11.3 Å². The third-order valence-corrected chi connectivity index (χ3v) is 5.21. The van der Waals surface area contributed by atoms with Gasteiger partial charge in [-0.3, -0.25) is 4.79 Å². The summed E-state index contributed by atoms with van der Waals surface area (Å²) in [5.41, 5.74) is 1.46. The molecule has 0 spiro atoms. The predicted octanol–water partition coefficient (Wildman–Crippen LogP) is 2.67. The Morgan fingerprint density at radius 1 is 1.27 bits per heavy atom. The van der Waals surface area contributed by atoms with Crippen molar-refractivity contribution in [1.29, 1.82) is 0 Å². The fourth-order valence-electron chi connectivity index (χ4n) is 1.95. The van der Waals surface area contributed by atoms with Crippen molar-refractivity contribution in [3.8, 4) is 0 Å². The summed E-state index contributed by atoms with van der Waals surface area (Å²) in [4.78, 5) is 16.6. The van der Waals surface area contributed by atoms with Crippen molar-refractivity contribution in [3.63, 3.8) is 0 Å². The van der Waals surface area contributed by atoms with Gasteiger partial charge in [-0.1, -0.05) is 36.0 Å². The molecule has 0 radical (unpaired) electrons. The number of nitrogens with zero attached hydrogens (tertiary/aromatic N) is 1. The highest BCUT2D eigenvalue weighted by atomic mass is 32.2. The Morgan fingerprint density at radius 3 is 2.86 bits per heavy atom. The normalized spacial score (nSPS) is 12.5. The number of thioether (sulfide) groups is 1. The van der Waals surface area contributed by atoms with Crippen molar-refractivity contribution in [1.82, 2.24) is 4.98 Å². The van der Waals surface area contributed by atoms with Crippen LogP contribution in [0.5, 0.6) is 0 Å². The Balaban J connectivity index is 1.70. The molecule has 3 aromatic rings. The summed E-state index contributed by atoms with van der Waals surface area (Å²) in [6.45, 7) is 0. The van der Waals surface area contributed by atoms with Crippen LogP contribution in [0.4, 0.5) is 5.69 Å². The van der Waals surface area contributed by atoms with Crippen LogP contribution in [0.25, 0.3) is 10.2 Å². The predicted molar refractivity (Wildman–Crippen MR) is 86.9 cm³/mol. The number of benzene rings is 2. The summed E-state index contributed by atoms with van der Waals surface area (Å²) in [5.74, 6) is 0.135. The fourth-order valence-corrected chi connectivity index (χ4v) is 3.91. The second-order valence-corrected chi connectivity index (χ2v) is 6.80. The highest BCUT2D eigenvalue weighted by Gasteiger charge is 2.11. The number of carbonyl (C=O) groups is 1. The SMILES string of the molecule is O=C(CSc1nc2ccccc2s1)c1cccc([NH+]([O-])O)c1. The quantitative estimate of drug-likeness (QED) is 0.427. The molecule has 1 unspecified atom stereocenters. The van der Waals surface area contributed by atoms with Gasteiger partial charge in [0.1, 0.15) is 0 Å². The van der Waals surface area contributed by atoms with Crippen molar-refractivity contribution in [3.05, 3.63) is 59.3 Å². The maximum atomic E-state index is 12.2. The van der Waals surface area contributed by atoms with Crippen molar-refractivity contribution in [2.45, 2.75) is 4.34 Å². The van der Waals surface area contributed by atoms with E-state index < -0.39 is 5.23 Å². The van der Waals surface area contributed by atoms with E-state index in [0.29, 0.717) is 5.56 Å². The summed E-state index contributed by atoms with van der Waals surface area (Å²) < 4.78 is 1.93. The lowest BCUT2D eigenvalue weighted by Gasteiger charge is -2.11. The summed E-state index contributed by atoms with van der Waals surface area (Å²) in [6.07, 6.45) is 0. The molecule has 1 heterocycles. The van der Waals surface area contributed by atoms with Crippen LogP contribution in [0.3, 0.4) is 0 Å². The Bertz CT molecular complexity index is 784. The minimum atomic E-state index is -1.03. The number of aromatic nitrogens is 1. The van der Waals surface area contributed by atoms with Crippen molar-refractivity contribution in [2.75, 3.05) is 5.75 Å². The molecule has 2 N–H and O–H groups in total. The Labute approximate surface area is 134 Å². The number of rotatable bonds is 5. The monoisotopic (exact) mass is 332 g/mol. The highest BCUT2D eigenvalue weighted by Crippen LogP contribution is 2.29. The zero-order valence-corrected chi connectivity index (χ0v) is 13.0. The first-order chi connectivity index (χ1) is 10.6. The minimum Gasteiger partial charge on any atom is -0.595 e. The lowest BCUT2D eigenvalue weighted by Crippen LogP contribution is -2.99. The van der Waals surface area contributed by atoms with Crippen LogP contribution in [0, 0.1) is 5.21 Å². The number of carbonyl (C=O) groups excluding carboxylic acids is 1. The number of thiazole rings is 1. The standard InChI is InChI=1S/C15H12N2O3S2/c18-13(10-4-3-5-11(8-10)17(19)20)9-21-15-16-12-6-1-2-7-14(12)22-15/h1-8,17,19H,9H2. The molecule has 0 aliphatic carbocycles. The van der Waals surface area contributed by atoms with Gasteiger partial charge in [0.15, 0.2) is 15.8 Å². The maximum Gasteiger partial charge on any atom is 0.173 e. The van der Waals surface area contributed by atoms with E-state index in [1.165, 1.54) is 23.9 Å². The van der Waals surface area contributed by atoms with Crippen LogP contribution in [0.15, 0.2) is 52.9 Å². The zero-order chi connectivity index (χ0) is 15.5. The van der Waals surface area contributed by atoms with Crippen LogP contribution < -0.4 is 5.23 Å². The van der Waals surface area contributed by atoms with Gasteiger partial charge in [-0.05, 0) is 12.1 Å². The number of hydrogen-bond acceptors (Lipinski definition) is 6. The smallest absolute Gasteiger partial charge is 0.173 e. The van der Waals surface area contributed by atoms with Gasteiger partial charge in [-0.2, -0.15) is 5.23 Å². The van der Waals surface area contributed by atoms with E-state index in [2.05, 4.69) is 4.98 Å². The van der Waals surface area contributed by atoms with Gasteiger partial charge in [-0.25, -0.2) is 10.2 Å². The van der Waals surface area contributed by atoms with E-state index in [9.17, 15) is 10.0 Å². The zero-order valence-electron chi connectivity index (χ0n) is 11.4. The van der Waals surface area contributed by atoms with Gasteiger partial charge in [0, 0.05) is 17.7 Å². The van der Waals surface area contributed by atoms with Crippen LogP contribution in [0.2, 0.25) is 0 Å². The summed E-state index contributed by atoms with van der Waals surface area (Å²) in [6, 6.07) is 13.9. The van der Waals surface area contributed by atoms with E-state index in [-0.39, 0.29) is 17.2 Å². The maximum absolute atomic E-state index is 12.2. The molecule has 3 rings (SSSR count). The molecular weight excluding hydrogens is 320 g/mol. The number of quaternary nitrogens is 1. The lowest BCUT2D eigenvalue weighted by atomic mass is 10.1. The second kappa shape index (κ2) is 6.55. The Kier molecular flexibility index (Phi) is 4.51. The highest BCUT2D eigenvalue weighted by molar-refractivity contribution is 8.01. The van der Waals surface area contributed by atoms with E-state index in [0.717, 1.165) is 14.6 Å². The first-order valence-electron chi connectivity index (χ1n) is 6.48. The van der Waals surface area contributed by atoms with Crippen molar-refractivity contribution in [2.24, 2.45) is 0 Å². The third-order valence-electron chi connectivity index (χ3n) is 3.03. The number of Topliss-reactive ketones (excluding diaryl/α,β-unsaturated/α-hetero) is 1. The molecule has 0 amide bonds. The summed E-state index contributed by atoms with van der Waals surface area (Å²) in [7, 11) is 0. The fraction of sp³-hybridized carbons (Fsp3) is 0.0667. The van der Waals surface area contributed by atoms with Crippen molar-refractivity contribution < 1.29 is 15.2 Å². The molecule has 0 fully saturated rings. The van der Waals surface area contributed by atoms with Gasteiger partial charge in [0.05, 0.1) is 16.0 Å². The summed E-state index contributed by atoms with van der Waals surface area (Å²) >= 11 is 2.92. The molecule has 0 saturated carbocycles. The molecular formula is C15H12N2O3S2.